The summed E-state index contributed by atoms with van der Waals surface area (Å²) in [6.45, 7) is 14.7. The van der Waals surface area contributed by atoms with Gasteiger partial charge in [0.05, 0.1) is 22.6 Å². The van der Waals surface area contributed by atoms with Crippen LogP contribution in [0.3, 0.4) is 0 Å². The zero-order valence-corrected chi connectivity index (χ0v) is 21.9. The highest BCUT2D eigenvalue weighted by atomic mass is 19.1. The molecule has 0 bridgehead atoms. The molecule has 36 heavy (non-hydrogen) atoms. The Morgan fingerprint density at radius 2 is 1.81 bits per heavy atom. The van der Waals surface area contributed by atoms with Crippen LogP contribution in [0.5, 0.6) is 0 Å². The SMILES string of the molecule is C=C/N=N\C(=C/C(=C)C1CC[C@](C)(C(=O)N2CCC(C(=O)N(C)C)C2)C1(C)C)c1c(F)cccc1F. The monoisotopic (exact) mass is 498 g/mol. The number of amides is 2. The molecule has 2 fully saturated rings. The quantitative estimate of drug-likeness (QED) is 0.350. The first-order valence-corrected chi connectivity index (χ1v) is 12.2. The van der Waals surface area contributed by atoms with E-state index in [0.717, 1.165) is 12.1 Å². The average Bonchev–Trinajstić information content (AvgIpc) is 3.39. The summed E-state index contributed by atoms with van der Waals surface area (Å²) in [5.74, 6) is -1.74. The van der Waals surface area contributed by atoms with E-state index in [1.807, 2.05) is 25.7 Å². The van der Waals surface area contributed by atoms with E-state index in [1.54, 1.807) is 25.1 Å². The number of carbonyl (C=O) groups is 2. The van der Waals surface area contributed by atoms with Crippen molar-refractivity contribution in [1.82, 2.24) is 9.80 Å². The summed E-state index contributed by atoms with van der Waals surface area (Å²) in [6, 6.07) is 3.62. The molecule has 3 rings (SSSR count). The summed E-state index contributed by atoms with van der Waals surface area (Å²) in [7, 11) is 3.46. The highest BCUT2D eigenvalue weighted by Gasteiger charge is 2.57. The maximum absolute atomic E-state index is 14.5. The van der Waals surface area contributed by atoms with Crippen LogP contribution in [-0.4, -0.2) is 48.8 Å². The van der Waals surface area contributed by atoms with Crippen LogP contribution >= 0.6 is 0 Å². The van der Waals surface area contributed by atoms with Crippen molar-refractivity contribution in [3.8, 4) is 0 Å². The molecule has 2 amide bonds. The molecule has 1 aliphatic carbocycles. The minimum atomic E-state index is -0.751. The molecule has 0 spiro atoms. The molecule has 6 nitrogen and oxygen atoms in total. The lowest BCUT2D eigenvalue weighted by Gasteiger charge is -2.43. The van der Waals surface area contributed by atoms with Crippen LogP contribution in [0.2, 0.25) is 0 Å². The number of allylic oxidation sites excluding steroid dienone is 2. The standard InChI is InChI=1S/C28H36F2N4O2/c1-8-31-32-23(24-21(29)10-9-11-22(24)30)16-18(2)20-12-14-28(5,27(20,3)4)26(36)34-15-13-19(17-34)25(35)33(6)7/h8-11,16,19-20H,1-2,12-15,17H2,3-7H3/b23-16-,32-31-/t19?,20?,28-/m1/s1. The van der Waals surface area contributed by atoms with Crippen molar-refractivity contribution >= 4 is 17.5 Å². The van der Waals surface area contributed by atoms with Gasteiger partial charge in [0.2, 0.25) is 11.8 Å². The largest absolute Gasteiger partial charge is 0.349 e. The fraction of sp³-hybridized carbons (Fsp3) is 0.500. The normalized spacial score (nSPS) is 25.9. The Kier molecular flexibility index (Phi) is 7.96. The van der Waals surface area contributed by atoms with E-state index in [0.29, 0.717) is 37.9 Å². The van der Waals surface area contributed by atoms with Crippen molar-refractivity contribution in [3.63, 3.8) is 0 Å². The molecule has 1 heterocycles. The molecule has 0 N–H and O–H groups in total. The smallest absolute Gasteiger partial charge is 0.229 e. The molecule has 2 aliphatic rings. The number of azo groups is 1. The van der Waals surface area contributed by atoms with Crippen molar-refractivity contribution in [2.45, 2.75) is 40.0 Å². The van der Waals surface area contributed by atoms with Crippen molar-refractivity contribution in [1.29, 1.82) is 0 Å². The van der Waals surface area contributed by atoms with Crippen LogP contribution in [0.25, 0.3) is 5.70 Å². The van der Waals surface area contributed by atoms with Gasteiger partial charge in [-0.2, -0.15) is 10.2 Å². The van der Waals surface area contributed by atoms with Gasteiger partial charge < -0.3 is 9.80 Å². The van der Waals surface area contributed by atoms with Crippen LogP contribution in [0.15, 0.2) is 59.4 Å². The molecule has 1 aromatic rings. The van der Waals surface area contributed by atoms with E-state index >= 15 is 0 Å². The fourth-order valence-electron chi connectivity index (χ4n) is 5.67. The lowest BCUT2D eigenvalue weighted by Crippen LogP contribution is -2.48. The summed E-state index contributed by atoms with van der Waals surface area (Å²) >= 11 is 0. The van der Waals surface area contributed by atoms with Gasteiger partial charge in [-0.05, 0) is 54.4 Å². The maximum Gasteiger partial charge on any atom is 0.229 e. The Hall–Kier alpha value is -3.16. The number of benzene rings is 1. The van der Waals surface area contributed by atoms with E-state index in [2.05, 4.69) is 23.4 Å². The van der Waals surface area contributed by atoms with E-state index in [4.69, 9.17) is 0 Å². The summed E-state index contributed by atoms with van der Waals surface area (Å²) in [5.41, 5.74) is -0.839. The second kappa shape index (κ2) is 10.4. The number of hydrogen-bond acceptors (Lipinski definition) is 4. The molecule has 194 valence electrons. The molecule has 0 radical (unpaired) electrons. The first-order valence-electron chi connectivity index (χ1n) is 12.2. The molecule has 0 aromatic heterocycles. The van der Waals surface area contributed by atoms with E-state index in [1.165, 1.54) is 12.3 Å². The molecular weight excluding hydrogens is 462 g/mol. The zero-order chi connectivity index (χ0) is 26.8. The Balaban J connectivity index is 1.88. The molecule has 1 saturated heterocycles. The van der Waals surface area contributed by atoms with Crippen molar-refractivity contribution in [2.24, 2.45) is 32.9 Å². The first kappa shape index (κ1) is 27.4. The number of carbonyl (C=O) groups excluding carboxylic acids is 2. The Morgan fingerprint density at radius 1 is 1.17 bits per heavy atom. The predicted molar refractivity (Wildman–Crippen MR) is 137 cm³/mol. The van der Waals surface area contributed by atoms with Crippen LogP contribution in [0.4, 0.5) is 8.78 Å². The highest BCUT2D eigenvalue weighted by Crippen LogP contribution is 2.59. The van der Waals surface area contributed by atoms with Gasteiger partial charge in [-0.25, -0.2) is 8.78 Å². The fourth-order valence-corrected chi connectivity index (χ4v) is 5.67. The molecular formula is C28H36F2N4O2. The zero-order valence-electron chi connectivity index (χ0n) is 21.9. The molecule has 1 aromatic carbocycles. The Bertz CT molecular complexity index is 1100. The molecule has 8 heteroatoms. The molecule has 2 unspecified atom stereocenters. The summed E-state index contributed by atoms with van der Waals surface area (Å²) < 4.78 is 29.1. The van der Waals surface area contributed by atoms with Gasteiger partial charge >= 0.3 is 0 Å². The second-order valence-corrected chi connectivity index (χ2v) is 10.7. The van der Waals surface area contributed by atoms with E-state index in [9.17, 15) is 18.4 Å². The van der Waals surface area contributed by atoms with Gasteiger partial charge in [0.25, 0.3) is 0 Å². The number of nitrogens with zero attached hydrogens (tertiary/aromatic N) is 4. The van der Waals surface area contributed by atoms with E-state index in [-0.39, 0.29) is 34.9 Å². The maximum atomic E-state index is 14.5. The number of likely N-dealkylation sites (tertiary alicyclic amines) is 1. The van der Waals surface area contributed by atoms with Crippen molar-refractivity contribution < 1.29 is 18.4 Å². The Labute approximate surface area is 212 Å². The van der Waals surface area contributed by atoms with Crippen LogP contribution < -0.4 is 0 Å². The third-order valence-corrected chi connectivity index (χ3v) is 8.20. The van der Waals surface area contributed by atoms with Gasteiger partial charge in [-0.15, -0.1) is 0 Å². The Morgan fingerprint density at radius 3 is 2.39 bits per heavy atom. The van der Waals surface area contributed by atoms with Crippen LogP contribution in [0.1, 0.15) is 45.6 Å². The number of hydrogen-bond donors (Lipinski definition) is 0. The topological polar surface area (TPSA) is 65.3 Å². The second-order valence-electron chi connectivity index (χ2n) is 10.7. The van der Waals surface area contributed by atoms with Gasteiger partial charge in [0.15, 0.2) is 0 Å². The molecule has 1 saturated carbocycles. The summed E-state index contributed by atoms with van der Waals surface area (Å²) in [6.07, 6.45) is 4.72. The van der Waals surface area contributed by atoms with Crippen molar-refractivity contribution in [2.75, 3.05) is 27.2 Å². The van der Waals surface area contributed by atoms with Gasteiger partial charge in [0, 0.05) is 33.4 Å². The highest BCUT2D eigenvalue weighted by molar-refractivity contribution is 5.86. The minimum Gasteiger partial charge on any atom is -0.349 e. The third kappa shape index (κ3) is 4.90. The van der Waals surface area contributed by atoms with Crippen LogP contribution in [-0.2, 0) is 9.59 Å². The van der Waals surface area contributed by atoms with Crippen LogP contribution in [0, 0.1) is 34.3 Å². The lowest BCUT2D eigenvalue weighted by atomic mass is 9.63. The number of rotatable bonds is 7. The van der Waals surface area contributed by atoms with Gasteiger partial charge in [0.1, 0.15) is 11.6 Å². The van der Waals surface area contributed by atoms with E-state index < -0.39 is 22.5 Å². The summed E-state index contributed by atoms with van der Waals surface area (Å²) in [4.78, 5) is 29.6. The van der Waals surface area contributed by atoms with Gasteiger partial charge in [-0.3, -0.25) is 9.59 Å². The minimum absolute atomic E-state index is 0.0100. The number of halogens is 2. The van der Waals surface area contributed by atoms with Gasteiger partial charge in [-0.1, -0.05) is 40.0 Å². The third-order valence-electron chi connectivity index (χ3n) is 8.20. The molecule has 1 aliphatic heterocycles. The molecule has 3 atom stereocenters. The average molecular weight is 499 g/mol. The first-order chi connectivity index (χ1) is 16.8. The van der Waals surface area contributed by atoms with Crippen molar-refractivity contribution in [3.05, 3.63) is 66.4 Å². The predicted octanol–water partition coefficient (Wildman–Crippen LogP) is 5.84. The lowest BCUT2D eigenvalue weighted by molar-refractivity contribution is -0.146. The summed E-state index contributed by atoms with van der Waals surface area (Å²) in [5, 5.41) is 7.73.